The van der Waals surface area contributed by atoms with E-state index >= 15 is 4.39 Å². The predicted octanol–water partition coefficient (Wildman–Crippen LogP) is 4.60. The molecule has 10 nitrogen and oxygen atoms in total. The van der Waals surface area contributed by atoms with Gasteiger partial charge in [0.05, 0.1) is 44.0 Å². The van der Waals surface area contributed by atoms with E-state index in [9.17, 15) is 14.4 Å². The highest BCUT2D eigenvalue weighted by Gasteiger charge is 2.36. The van der Waals surface area contributed by atoms with Crippen LogP contribution in [0.15, 0.2) is 18.2 Å². The smallest absolute Gasteiger partial charge is 0.310 e. The number of halogens is 1. The Bertz CT molecular complexity index is 1400. The first kappa shape index (κ1) is 29.8. The van der Waals surface area contributed by atoms with E-state index < -0.39 is 29.2 Å². The highest BCUT2D eigenvalue weighted by Crippen LogP contribution is 2.42. The second kappa shape index (κ2) is 11.8. The minimum absolute atomic E-state index is 0.0486. The maximum atomic E-state index is 15.5. The monoisotopic (exact) mass is 569 g/mol. The Morgan fingerprint density at radius 3 is 2.46 bits per heavy atom. The number of nitrogens with one attached hydrogen (secondary N) is 2. The molecular weight excluding hydrogens is 533 g/mol. The van der Waals surface area contributed by atoms with Crippen LogP contribution in [0.5, 0.6) is 17.2 Å². The van der Waals surface area contributed by atoms with E-state index in [4.69, 9.17) is 24.4 Å². The molecule has 0 bridgehead atoms. The Kier molecular flexibility index (Phi) is 8.55. The maximum Gasteiger partial charge on any atom is 0.310 e. The third kappa shape index (κ3) is 5.98. The Labute approximate surface area is 238 Å². The molecule has 2 N–H and O–H groups in total. The van der Waals surface area contributed by atoms with Crippen molar-refractivity contribution in [3.63, 3.8) is 0 Å². The van der Waals surface area contributed by atoms with Crippen molar-refractivity contribution in [2.75, 3.05) is 31.7 Å². The number of amidine groups is 1. The molecule has 11 heteroatoms. The number of Topliss-reactive ketones (excluding diaryl/α,β-unsaturated/α-hetero) is 1. The summed E-state index contributed by atoms with van der Waals surface area (Å²) in [5, 5.41) is 11.4. The summed E-state index contributed by atoms with van der Waals surface area (Å²) in [6.07, 6.45) is -1.31. The van der Waals surface area contributed by atoms with Gasteiger partial charge in [0.2, 0.25) is 0 Å². The van der Waals surface area contributed by atoms with E-state index in [0.717, 1.165) is 0 Å². The summed E-state index contributed by atoms with van der Waals surface area (Å²) < 4.78 is 37.4. The van der Waals surface area contributed by atoms with Gasteiger partial charge in [-0.05, 0) is 49.9 Å². The summed E-state index contributed by atoms with van der Waals surface area (Å²) in [7, 11) is 0. The van der Waals surface area contributed by atoms with E-state index in [-0.39, 0.29) is 61.4 Å². The van der Waals surface area contributed by atoms with Gasteiger partial charge in [-0.3, -0.25) is 19.8 Å². The average molecular weight is 570 g/mol. The lowest BCUT2D eigenvalue weighted by Crippen LogP contribution is -2.40. The van der Waals surface area contributed by atoms with E-state index in [1.165, 1.54) is 11.0 Å². The van der Waals surface area contributed by atoms with Gasteiger partial charge in [0, 0.05) is 17.7 Å². The lowest BCUT2D eigenvalue weighted by atomic mass is 9.84. The van der Waals surface area contributed by atoms with Gasteiger partial charge in [-0.25, -0.2) is 4.39 Å². The van der Waals surface area contributed by atoms with Crippen LogP contribution in [0.3, 0.4) is 0 Å². The number of nitrogens with zero attached hydrogens (tertiary/aromatic N) is 1. The number of carbonyl (C=O) groups is 3. The van der Waals surface area contributed by atoms with Gasteiger partial charge in [0.15, 0.2) is 29.2 Å². The molecule has 0 saturated carbocycles. The van der Waals surface area contributed by atoms with Gasteiger partial charge in [-0.1, -0.05) is 20.8 Å². The Morgan fingerprint density at radius 1 is 1.12 bits per heavy atom. The zero-order valence-electron chi connectivity index (χ0n) is 24.2. The number of carbonyl (C=O) groups excluding carboxylic acids is 3. The fraction of sp³-hybridized carbons (Fsp3) is 0.467. The minimum atomic E-state index is -1.06. The predicted molar refractivity (Wildman–Crippen MR) is 150 cm³/mol. The number of hydrogen-bond acceptors (Lipinski definition) is 8. The highest BCUT2D eigenvalue weighted by molar-refractivity contribution is 6.07. The summed E-state index contributed by atoms with van der Waals surface area (Å²) in [5.74, 6) is -1.60. The van der Waals surface area contributed by atoms with Crippen LogP contribution in [-0.2, 0) is 26.3 Å². The number of ketones is 1. The molecular formula is C30H36FN3O7. The molecule has 0 saturated heterocycles. The van der Waals surface area contributed by atoms with Gasteiger partial charge in [0.1, 0.15) is 11.6 Å². The fourth-order valence-electron chi connectivity index (χ4n) is 4.90. The zero-order chi connectivity index (χ0) is 30.1. The lowest BCUT2D eigenvalue weighted by Gasteiger charge is -2.32. The van der Waals surface area contributed by atoms with E-state index in [1.54, 1.807) is 32.9 Å². The molecule has 2 aliphatic heterocycles. The van der Waals surface area contributed by atoms with E-state index in [0.29, 0.717) is 34.7 Å². The number of amides is 1. The van der Waals surface area contributed by atoms with Crippen LogP contribution in [0.4, 0.5) is 10.1 Å². The number of fused-ring (bicyclic) bond motifs is 2. The highest BCUT2D eigenvalue weighted by atomic mass is 19.1. The van der Waals surface area contributed by atoms with Gasteiger partial charge >= 0.3 is 5.97 Å². The van der Waals surface area contributed by atoms with Crippen LogP contribution in [0.2, 0.25) is 0 Å². The lowest BCUT2D eigenvalue weighted by molar-refractivity contribution is -0.147. The molecule has 2 aromatic carbocycles. The van der Waals surface area contributed by atoms with E-state index in [2.05, 4.69) is 5.32 Å². The number of rotatable bonds is 10. The van der Waals surface area contributed by atoms with Crippen molar-refractivity contribution in [3.05, 3.63) is 46.3 Å². The second-order valence-corrected chi connectivity index (χ2v) is 10.8. The van der Waals surface area contributed by atoms with Crippen molar-refractivity contribution < 1.29 is 37.7 Å². The van der Waals surface area contributed by atoms with Crippen LogP contribution < -0.4 is 19.5 Å². The van der Waals surface area contributed by atoms with Crippen molar-refractivity contribution in [1.82, 2.24) is 4.90 Å². The van der Waals surface area contributed by atoms with E-state index in [1.807, 2.05) is 20.8 Å². The van der Waals surface area contributed by atoms with Gasteiger partial charge in [-0.15, -0.1) is 0 Å². The topological polar surface area (TPSA) is 127 Å². The van der Waals surface area contributed by atoms with Crippen LogP contribution in [0.25, 0.3) is 0 Å². The molecule has 2 aromatic rings. The molecule has 1 unspecified atom stereocenters. The Hall–Kier alpha value is -4.15. The molecule has 0 radical (unpaired) electrons. The van der Waals surface area contributed by atoms with Gasteiger partial charge in [0.25, 0.3) is 5.91 Å². The summed E-state index contributed by atoms with van der Waals surface area (Å²) in [6.45, 7) is 11.7. The SMILES string of the molecule is CCOC(=O)CC1Oc2c(cc(C(=O)CN3Cc4cc(OCC)c(OCC)c(F)c4C3=N)cc2C(C)(C)C)NC1=O. The third-order valence-corrected chi connectivity index (χ3v) is 6.79. The first-order valence-corrected chi connectivity index (χ1v) is 13.7. The molecule has 0 aliphatic carbocycles. The van der Waals surface area contributed by atoms with Crippen molar-refractivity contribution in [3.8, 4) is 17.2 Å². The molecule has 4 rings (SSSR count). The number of esters is 1. The molecule has 0 fully saturated rings. The molecule has 1 amide bonds. The number of benzene rings is 2. The first-order valence-electron chi connectivity index (χ1n) is 13.7. The minimum Gasteiger partial charge on any atom is -0.490 e. The van der Waals surface area contributed by atoms with Crippen LogP contribution in [0, 0.1) is 11.2 Å². The molecule has 1 atom stereocenters. The average Bonchev–Trinajstić information content (AvgIpc) is 3.20. The fourth-order valence-corrected chi connectivity index (χ4v) is 4.90. The first-order chi connectivity index (χ1) is 19.4. The molecule has 2 heterocycles. The number of ether oxygens (including phenoxy) is 4. The number of hydrogen-bond donors (Lipinski definition) is 2. The van der Waals surface area contributed by atoms with Crippen molar-refractivity contribution >= 4 is 29.2 Å². The molecule has 0 aromatic heterocycles. The molecule has 220 valence electrons. The van der Waals surface area contributed by atoms with Gasteiger partial charge < -0.3 is 29.2 Å². The van der Waals surface area contributed by atoms with Gasteiger partial charge in [-0.2, -0.15) is 0 Å². The van der Waals surface area contributed by atoms with Crippen LogP contribution in [0.1, 0.15) is 75.0 Å². The Balaban J connectivity index is 1.61. The summed E-state index contributed by atoms with van der Waals surface area (Å²) in [5.41, 5.74) is 1.41. The largest absolute Gasteiger partial charge is 0.490 e. The van der Waals surface area contributed by atoms with Crippen molar-refractivity contribution in [2.45, 2.75) is 66.0 Å². The standard InChI is InChI=1S/C30H36FN3O7/c1-7-38-21-12-17-14-34(28(32)24(17)25(31)27(21)40-9-3)15-20(35)16-10-18(30(4,5)6)26-19(11-16)33-29(37)22(41-26)13-23(36)39-8-2/h10-12,22,32H,7-9,13-15H2,1-6H3,(H,33,37). The molecule has 41 heavy (non-hydrogen) atoms. The maximum absolute atomic E-state index is 15.5. The molecule has 0 spiro atoms. The van der Waals surface area contributed by atoms with Crippen molar-refractivity contribution in [2.24, 2.45) is 0 Å². The summed E-state index contributed by atoms with van der Waals surface area (Å²) in [4.78, 5) is 39.8. The Morgan fingerprint density at radius 2 is 1.83 bits per heavy atom. The number of anilines is 1. The summed E-state index contributed by atoms with van der Waals surface area (Å²) >= 11 is 0. The normalized spacial score (nSPS) is 16.0. The van der Waals surface area contributed by atoms with Crippen LogP contribution >= 0.6 is 0 Å². The third-order valence-electron chi connectivity index (χ3n) is 6.79. The summed E-state index contributed by atoms with van der Waals surface area (Å²) in [6, 6.07) is 4.88. The van der Waals surface area contributed by atoms with Crippen LogP contribution in [-0.4, -0.2) is 60.9 Å². The second-order valence-electron chi connectivity index (χ2n) is 10.8. The quantitative estimate of drug-likeness (QED) is 0.314. The zero-order valence-corrected chi connectivity index (χ0v) is 24.2. The molecule has 2 aliphatic rings. The van der Waals surface area contributed by atoms with Crippen molar-refractivity contribution in [1.29, 1.82) is 5.41 Å².